The van der Waals surface area contributed by atoms with Gasteiger partial charge in [0.1, 0.15) is 11.4 Å². The topological polar surface area (TPSA) is 42.0 Å². The monoisotopic (exact) mass is 438 g/mol. The molecule has 32 heavy (non-hydrogen) atoms. The molecule has 1 heterocycles. The molecular weight excluding hydrogens is 400 g/mol. The van der Waals surface area contributed by atoms with Gasteiger partial charge < -0.3 is 14.4 Å². The van der Waals surface area contributed by atoms with Crippen molar-refractivity contribution in [3.05, 3.63) is 65.2 Å². The standard InChI is InChI=1S/C27H38N2O3/c1-21(2)24-10-12-25(13-11-24)31-19-14-22-6-8-23(9-7-22)20-28-15-17-29(18-16-28)26(30)32-27(3,4)5/h6-13,21H,14-20H2,1-5H3. The van der Waals surface area contributed by atoms with Crippen LogP contribution in [0.25, 0.3) is 0 Å². The largest absolute Gasteiger partial charge is 0.493 e. The highest BCUT2D eigenvalue weighted by Crippen LogP contribution is 2.19. The third-order valence-electron chi connectivity index (χ3n) is 5.66. The minimum absolute atomic E-state index is 0.209. The Labute approximate surface area is 193 Å². The van der Waals surface area contributed by atoms with Gasteiger partial charge in [-0.25, -0.2) is 4.79 Å². The van der Waals surface area contributed by atoms with E-state index in [1.165, 1.54) is 16.7 Å². The van der Waals surface area contributed by atoms with Crippen molar-refractivity contribution in [2.24, 2.45) is 0 Å². The summed E-state index contributed by atoms with van der Waals surface area (Å²) in [4.78, 5) is 16.4. The van der Waals surface area contributed by atoms with E-state index in [1.807, 2.05) is 20.8 Å². The summed E-state index contributed by atoms with van der Waals surface area (Å²) in [6.45, 7) is 14.8. The van der Waals surface area contributed by atoms with E-state index in [0.717, 1.165) is 31.8 Å². The number of rotatable bonds is 7. The van der Waals surface area contributed by atoms with Crippen LogP contribution in [0.1, 0.15) is 57.2 Å². The first-order valence-electron chi connectivity index (χ1n) is 11.7. The molecule has 1 aliphatic rings. The molecule has 0 atom stereocenters. The molecule has 0 unspecified atom stereocenters. The van der Waals surface area contributed by atoms with Gasteiger partial charge in [0.2, 0.25) is 0 Å². The predicted octanol–water partition coefficient (Wildman–Crippen LogP) is 5.48. The number of carbonyl (C=O) groups excluding carboxylic acids is 1. The van der Waals surface area contributed by atoms with Crippen molar-refractivity contribution < 1.29 is 14.3 Å². The van der Waals surface area contributed by atoms with Gasteiger partial charge in [-0.2, -0.15) is 0 Å². The summed E-state index contributed by atoms with van der Waals surface area (Å²) in [5.41, 5.74) is 3.46. The maximum atomic E-state index is 12.2. The molecule has 1 amide bonds. The molecule has 3 rings (SSSR count). The van der Waals surface area contributed by atoms with E-state index in [1.54, 1.807) is 4.90 Å². The Bertz CT molecular complexity index is 846. The zero-order chi connectivity index (χ0) is 23.1. The smallest absolute Gasteiger partial charge is 0.410 e. The molecule has 1 aliphatic heterocycles. The second-order valence-corrected chi connectivity index (χ2v) is 9.88. The number of carbonyl (C=O) groups is 1. The second-order valence-electron chi connectivity index (χ2n) is 9.88. The van der Waals surface area contributed by atoms with Crippen LogP contribution in [-0.2, 0) is 17.7 Å². The molecule has 0 bridgehead atoms. The molecular formula is C27H38N2O3. The molecule has 5 heteroatoms. The molecule has 5 nitrogen and oxygen atoms in total. The molecule has 0 radical (unpaired) electrons. The fourth-order valence-electron chi connectivity index (χ4n) is 3.72. The SMILES string of the molecule is CC(C)c1ccc(OCCc2ccc(CN3CCN(C(=O)OC(C)(C)C)CC3)cc2)cc1. The molecule has 0 N–H and O–H groups in total. The highest BCUT2D eigenvalue weighted by molar-refractivity contribution is 5.68. The van der Waals surface area contributed by atoms with Crippen LogP contribution in [0.15, 0.2) is 48.5 Å². The van der Waals surface area contributed by atoms with Crippen molar-refractivity contribution in [2.75, 3.05) is 32.8 Å². The van der Waals surface area contributed by atoms with Crippen molar-refractivity contribution in [1.82, 2.24) is 9.80 Å². The quantitative estimate of drug-likeness (QED) is 0.574. The van der Waals surface area contributed by atoms with Gasteiger partial charge in [0.05, 0.1) is 6.61 Å². The highest BCUT2D eigenvalue weighted by atomic mass is 16.6. The average Bonchev–Trinajstić information content (AvgIpc) is 2.75. The van der Waals surface area contributed by atoms with Gasteiger partial charge in [-0.15, -0.1) is 0 Å². The lowest BCUT2D eigenvalue weighted by Crippen LogP contribution is -2.49. The van der Waals surface area contributed by atoms with Crippen LogP contribution in [0, 0.1) is 0 Å². The molecule has 174 valence electrons. The van der Waals surface area contributed by atoms with Gasteiger partial charge in [-0.3, -0.25) is 4.90 Å². The first-order chi connectivity index (χ1) is 15.2. The molecule has 0 aliphatic carbocycles. The third-order valence-corrected chi connectivity index (χ3v) is 5.66. The Balaban J connectivity index is 1.39. The zero-order valence-electron chi connectivity index (χ0n) is 20.3. The Morgan fingerprint density at radius 1 is 0.906 bits per heavy atom. The lowest BCUT2D eigenvalue weighted by atomic mass is 10.0. The minimum atomic E-state index is -0.445. The van der Waals surface area contributed by atoms with Gasteiger partial charge >= 0.3 is 6.09 Å². The lowest BCUT2D eigenvalue weighted by molar-refractivity contribution is 0.0139. The summed E-state index contributed by atoms with van der Waals surface area (Å²) in [5.74, 6) is 1.47. The van der Waals surface area contributed by atoms with Crippen LogP contribution in [0.3, 0.4) is 0 Å². The van der Waals surface area contributed by atoms with Gasteiger partial charge in [0, 0.05) is 39.1 Å². The van der Waals surface area contributed by atoms with E-state index in [9.17, 15) is 4.79 Å². The number of piperazine rings is 1. The van der Waals surface area contributed by atoms with Gasteiger partial charge in [0.25, 0.3) is 0 Å². The van der Waals surface area contributed by atoms with Crippen LogP contribution >= 0.6 is 0 Å². The van der Waals surface area contributed by atoms with Gasteiger partial charge in [-0.1, -0.05) is 50.2 Å². The number of ether oxygens (including phenoxy) is 2. The van der Waals surface area contributed by atoms with Crippen LogP contribution in [0.2, 0.25) is 0 Å². The number of hydrogen-bond donors (Lipinski definition) is 0. The first-order valence-corrected chi connectivity index (χ1v) is 11.7. The van der Waals surface area contributed by atoms with E-state index >= 15 is 0 Å². The Morgan fingerprint density at radius 3 is 2.06 bits per heavy atom. The molecule has 1 saturated heterocycles. The van der Waals surface area contributed by atoms with E-state index in [2.05, 4.69) is 67.3 Å². The molecule has 0 spiro atoms. The van der Waals surface area contributed by atoms with E-state index < -0.39 is 5.60 Å². The van der Waals surface area contributed by atoms with Crippen molar-refractivity contribution in [1.29, 1.82) is 0 Å². The minimum Gasteiger partial charge on any atom is -0.493 e. The summed E-state index contributed by atoms with van der Waals surface area (Å²) in [7, 11) is 0. The van der Waals surface area contributed by atoms with Gasteiger partial charge in [-0.05, 0) is 55.5 Å². The highest BCUT2D eigenvalue weighted by Gasteiger charge is 2.25. The summed E-state index contributed by atoms with van der Waals surface area (Å²) in [6, 6.07) is 17.2. The summed E-state index contributed by atoms with van der Waals surface area (Å²) >= 11 is 0. The number of nitrogens with zero attached hydrogens (tertiary/aromatic N) is 2. The summed E-state index contributed by atoms with van der Waals surface area (Å²) in [5, 5.41) is 0. The summed E-state index contributed by atoms with van der Waals surface area (Å²) < 4.78 is 11.4. The van der Waals surface area contributed by atoms with Crippen molar-refractivity contribution in [2.45, 2.75) is 59.1 Å². The van der Waals surface area contributed by atoms with Crippen molar-refractivity contribution in [3.8, 4) is 5.75 Å². The van der Waals surface area contributed by atoms with E-state index in [-0.39, 0.29) is 6.09 Å². The van der Waals surface area contributed by atoms with Crippen LogP contribution in [0.5, 0.6) is 5.75 Å². The second kappa shape index (κ2) is 10.9. The Morgan fingerprint density at radius 2 is 1.50 bits per heavy atom. The van der Waals surface area contributed by atoms with Crippen molar-refractivity contribution in [3.63, 3.8) is 0 Å². The fourth-order valence-corrected chi connectivity index (χ4v) is 3.72. The molecule has 2 aromatic carbocycles. The maximum Gasteiger partial charge on any atom is 0.410 e. The summed E-state index contributed by atoms with van der Waals surface area (Å²) in [6.07, 6.45) is 0.681. The number of benzene rings is 2. The van der Waals surface area contributed by atoms with Crippen LogP contribution in [-0.4, -0.2) is 54.3 Å². The lowest BCUT2D eigenvalue weighted by Gasteiger charge is -2.35. The third kappa shape index (κ3) is 7.56. The zero-order valence-corrected chi connectivity index (χ0v) is 20.3. The molecule has 0 aromatic heterocycles. The Kier molecular flexibility index (Phi) is 8.19. The van der Waals surface area contributed by atoms with Gasteiger partial charge in [0.15, 0.2) is 0 Å². The molecule has 2 aromatic rings. The van der Waals surface area contributed by atoms with Crippen molar-refractivity contribution >= 4 is 6.09 Å². The predicted molar refractivity (Wildman–Crippen MR) is 129 cm³/mol. The normalized spacial score (nSPS) is 15.1. The average molecular weight is 439 g/mol. The Hall–Kier alpha value is -2.53. The number of amides is 1. The number of hydrogen-bond acceptors (Lipinski definition) is 4. The molecule has 1 fully saturated rings. The fraction of sp³-hybridized carbons (Fsp3) is 0.519. The molecule has 0 saturated carbocycles. The van der Waals surface area contributed by atoms with Crippen LogP contribution in [0.4, 0.5) is 4.79 Å². The van der Waals surface area contributed by atoms with Crippen LogP contribution < -0.4 is 4.74 Å². The van der Waals surface area contributed by atoms with E-state index in [0.29, 0.717) is 25.6 Å². The van der Waals surface area contributed by atoms with E-state index in [4.69, 9.17) is 9.47 Å². The maximum absolute atomic E-state index is 12.2. The first kappa shape index (κ1) is 24.1.